The number of hydrogen-bond donors (Lipinski definition) is 4. The van der Waals surface area contributed by atoms with E-state index in [0.717, 1.165) is 0 Å². The van der Waals surface area contributed by atoms with Gasteiger partial charge in [-0.15, -0.1) is 11.8 Å². The molecule has 0 radical (unpaired) electrons. The lowest BCUT2D eigenvalue weighted by atomic mass is 10.0. The quantitative estimate of drug-likeness (QED) is 0.510. The molecule has 9 heteroatoms. The number of carbonyl (C=O) groups is 3. The molecule has 27 heavy (non-hydrogen) atoms. The third-order valence-electron chi connectivity index (χ3n) is 3.61. The molecule has 148 valence electrons. The molecular formula is C18H25N3O5S. The average molecular weight is 395 g/mol. The Morgan fingerprint density at radius 1 is 1.30 bits per heavy atom. The summed E-state index contributed by atoms with van der Waals surface area (Å²) in [5, 5.41) is 16.5. The number of ether oxygens (including phenoxy) is 1. The minimum absolute atomic E-state index is 0.0233. The molecule has 0 unspecified atom stereocenters. The first kappa shape index (κ1) is 21.0. The summed E-state index contributed by atoms with van der Waals surface area (Å²) in [5.74, 6) is -0.375. The van der Waals surface area contributed by atoms with Crippen LogP contribution >= 0.6 is 11.8 Å². The Bertz CT molecular complexity index is 677. The number of β-lactam (4-membered cyclic amide) rings is 1. The van der Waals surface area contributed by atoms with E-state index in [-0.39, 0.29) is 17.9 Å². The predicted octanol–water partition coefficient (Wildman–Crippen LogP) is 0.919. The van der Waals surface area contributed by atoms with Gasteiger partial charge in [0.1, 0.15) is 23.1 Å². The van der Waals surface area contributed by atoms with Crippen molar-refractivity contribution < 1.29 is 24.2 Å². The van der Waals surface area contributed by atoms with E-state index in [2.05, 4.69) is 16.0 Å². The zero-order valence-electron chi connectivity index (χ0n) is 15.5. The molecule has 1 saturated heterocycles. The Kier molecular flexibility index (Phi) is 7.09. The van der Waals surface area contributed by atoms with Crippen LogP contribution < -0.4 is 16.0 Å². The van der Waals surface area contributed by atoms with Gasteiger partial charge in [-0.3, -0.25) is 9.59 Å². The Hall–Kier alpha value is -2.26. The van der Waals surface area contributed by atoms with Gasteiger partial charge in [0.2, 0.25) is 11.8 Å². The number of nitrogens with one attached hydrogen (secondary N) is 3. The molecule has 4 N–H and O–H groups in total. The Morgan fingerprint density at radius 2 is 1.96 bits per heavy atom. The summed E-state index contributed by atoms with van der Waals surface area (Å²) in [6.45, 7) is 5.16. The molecule has 1 aromatic carbocycles. The average Bonchev–Trinajstić information content (AvgIpc) is 2.60. The standard InChI is InChI=1S/C18H25N3O5S/c1-18(2,3)26-17(25)20-12(11-7-5-4-6-8-11)14(23)19-13-15(24)21-16(13)27-10-9-22/h4-8,12-13,16,22H,9-10H2,1-3H3,(H,19,23)(H,20,25)(H,21,24)/t12-,13-,16-/m0/s1. The number of benzene rings is 1. The van der Waals surface area contributed by atoms with Crippen molar-refractivity contribution >= 4 is 29.7 Å². The van der Waals surface area contributed by atoms with Gasteiger partial charge in [-0.1, -0.05) is 30.3 Å². The topological polar surface area (TPSA) is 117 Å². The monoisotopic (exact) mass is 395 g/mol. The Labute approximate surface area is 162 Å². The molecule has 1 aromatic rings. The van der Waals surface area contributed by atoms with Crippen molar-refractivity contribution in [3.63, 3.8) is 0 Å². The number of alkyl carbamates (subject to hydrolysis) is 1. The van der Waals surface area contributed by atoms with Crippen molar-refractivity contribution in [2.45, 2.75) is 43.8 Å². The van der Waals surface area contributed by atoms with E-state index in [4.69, 9.17) is 9.84 Å². The molecule has 1 heterocycles. The maximum atomic E-state index is 12.8. The summed E-state index contributed by atoms with van der Waals surface area (Å²) in [7, 11) is 0. The fourth-order valence-corrected chi connectivity index (χ4v) is 3.36. The smallest absolute Gasteiger partial charge is 0.408 e. The molecule has 0 aliphatic carbocycles. The molecule has 0 aromatic heterocycles. The zero-order chi connectivity index (χ0) is 20.0. The number of amides is 3. The summed E-state index contributed by atoms with van der Waals surface area (Å²) in [6, 6.07) is 7.00. The van der Waals surface area contributed by atoms with Gasteiger partial charge in [0.25, 0.3) is 0 Å². The molecule has 2 rings (SSSR count). The van der Waals surface area contributed by atoms with E-state index in [1.54, 1.807) is 51.1 Å². The van der Waals surface area contributed by atoms with Gasteiger partial charge >= 0.3 is 6.09 Å². The van der Waals surface area contributed by atoms with E-state index in [1.807, 2.05) is 0 Å². The molecule has 0 saturated carbocycles. The summed E-state index contributed by atoms with van der Waals surface area (Å²) < 4.78 is 5.24. The minimum atomic E-state index is -1.00. The molecule has 3 amide bonds. The molecule has 1 aliphatic rings. The highest BCUT2D eigenvalue weighted by Gasteiger charge is 2.41. The first-order chi connectivity index (χ1) is 12.7. The second-order valence-corrected chi connectivity index (χ2v) is 8.25. The molecule has 0 bridgehead atoms. The number of carbonyl (C=O) groups excluding carboxylic acids is 3. The summed E-state index contributed by atoms with van der Waals surface area (Å²) in [6.07, 6.45) is -0.726. The first-order valence-corrected chi connectivity index (χ1v) is 9.64. The Morgan fingerprint density at radius 3 is 2.52 bits per heavy atom. The molecule has 1 fully saturated rings. The van der Waals surface area contributed by atoms with Gasteiger partial charge in [0, 0.05) is 5.75 Å². The maximum absolute atomic E-state index is 12.8. The second-order valence-electron chi connectivity index (χ2n) is 7.00. The number of hydrogen-bond acceptors (Lipinski definition) is 6. The highest BCUT2D eigenvalue weighted by Crippen LogP contribution is 2.21. The molecule has 3 atom stereocenters. The van der Waals surface area contributed by atoms with Crippen LogP contribution in [-0.4, -0.2) is 52.4 Å². The van der Waals surface area contributed by atoms with Crippen LogP contribution in [0.2, 0.25) is 0 Å². The lowest BCUT2D eigenvalue weighted by Gasteiger charge is -2.37. The third kappa shape index (κ3) is 6.14. The molecule has 0 spiro atoms. The lowest BCUT2D eigenvalue weighted by molar-refractivity contribution is -0.135. The lowest BCUT2D eigenvalue weighted by Crippen LogP contribution is -2.68. The van der Waals surface area contributed by atoms with Crippen molar-refractivity contribution in [2.24, 2.45) is 0 Å². The predicted molar refractivity (Wildman–Crippen MR) is 102 cm³/mol. The van der Waals surface area contributed by atoms with Crippen molar-refractivity contribution in [1.29, 1.82) is 0 Å². The minimum Gasteiger partial charge on any atom is -0.444 e. The molecule has 1 aliphatic heterocycles. The number of aliphatic hydroxyl groups excluding tert-OH is 1. The van der Waals surface area contributed by atoms with Crippen molar-refractivity contribution in [1.82, 2.24) is 16.0 Å². The molecule has 8 nitrogen and oxygen atoms in total. The van der Waals surface area contributed by atoms with E-state index in [0.29, 0.717) is 11.3 Å². The van der Waals surface area contributed by atoms with Crippen LogP contribution in [-0.2, 0) is 14.3 Å². The van der Waals surface area contributed by atoms with Gasteiger partial charge in [-0.2, -0.15) is 0 Å². The van der Waals surface area contributed by atoms with Crippen LogP contribution in [0.1, 0.15) is 32.4 Å². The van der Waals surface area contributed by atoms with E-state index < -0.39 is 29.7 Å². The number of aliphatic hydroxyl groups is 1. The van der Waals surface area contributed by atoms with Gasteiger partial charge in [-0.25, -0.2) is 4.79 Å². The van der Waals surface area contributed by atoms with Gasteiger partial charge in [0.15, 0.2) is 0 Å². The van der Waals surface area contributed by atoms with Gasteiger partial charge < -0.3 is 25.8 Å². The van der Waals surface area contributed by atoms with Crippen molar-refractivity contribution in [3.05, 3.63) is 35.9 Å². The summed E-state index contributed by atoms with van der Waals surface area (Å²) in [5.41, 5.74) is -0.137. The van der Waals surface area contributed by atoms with Gasteiger partial charge in [-0.05, 0) is 26.3 Å². The van der Waals surface area contributed by atoms with Crippen LogP contribution in [0.3, 0.4) is 0 Å². The zero-order valence-corrected chi connectivity index (χ0v) is 16.3. The van der Waals surface area contributed by atoms with Crippen LogP contribution in [0.5, 0.6) is 0 Å². The highest BCUT2D eigenvalue weighted by atomic mass is 32.2. The Balaban J connectivity index is 2.09. The van der Waals surface area contributed by atoms with Gasteiger partial charge in [0.05, 0.1) is 6.61 Å². The first-order valence-electron chi connectivity index (χ1n) is 8.59. The van der Waals surface area contributed by atoms with E-state index >= 15 is 0 Å². The maximum Gasteiger partial charge on any atom is 0.408 e. The highest BCUT2D eigenvalue weighted by molar-refractivity contribution is 8.00. The second kappa shape index (κ2) is 9.09. The normalized spacial score (nSPS) is 20.1. The summed E-state index contributed by atoms with van der Waals surface area (Å²) >= 11 is 1.34. The fraction of sp³-hybridized carbons (Fsp3) is 0.500. The van der Waals surface area contributed by atoms with Crippen LogP contribution in [0, 0.1) is 0 Å². The number of rotatable bonds is 7. The van der Waals surface area contributed by atoms with Crippen molar-refractivity contribution in [3.8, 4) is 0 Å². The largest absolute Gasteiger partial charge is 0.444 e. The SMILES string of the molecule is CC(C)(C)OC(=O)N[C@H](C(=O)N[C@H]1C(=O)N[C@H]1SCCO)c1ccccc1. The van der Waals surface area contributed by atoms with E-state index in [9.17, 15) is 14.4 Å². The van der Waals surface area contributed by atoms with Crippen LogP contribution in [0.25, 0.3) is 0 Å². The number of thioether (sulfide) groups is 1. The van der Waals surface area contributed by atoms with E-state index in [1.165, 1.54) is 11.8 Å². The molecular weight excluding hydrogens is 370 g/mol. The van der Waals surface area contributed by atoms with Crippen LogP contribution in [0.4, 0.5) is 4.79 Å². The third-order valence-corrected chi connectivity index (χ3v) is 4.78. The van der Waals surface area contributed by atoms with Crippen LogP contribution in [0.15, 0.2) is 30.3 Å². The summed E-state index contributed by atoms with van der Waals surface area (Å²) in [4.78, 5) is 36.7. The fourth-order valence-electron chi connectivity index (χ4n) is 2.42. The van der Waals surface area contributed by atoms with Crippen molar-refractivity contribution in [2.75, 3.05) is 12.4 Å².